The molecule has 0 aliphatic heterocycles. The molecule has 0 aliphatic carbocycles. The zero-order chi connectivity index (χ0) is 20.8. The smallest absolute Gasteiger partial charge is 0.220 e. The summed E-state index contributed by atoms with van der Waals surface area (Å²) in [5.41, 5.74) is 3.07. The molecule has 0 fully saturated rings. The molecule has 5 heteroatoms. The summed E-state index contributed by atoms with van der Waals surface area (Å²) in [6, 6.07) is 14.0. The van der Waals surface area contributed by atoms with Crippen molar-refractivity contribution in [3.05, 3.63) is 59.8 Å². The second-order valence-corrected chi connectivity index (χ2v) is 7.66. The predicted molar refractivity (Wildman–Crippen MR) is 117 cm³/mol. The topological polar surface area (TPSA) is 63.3 Å². The van der Waals surface area contributed by atoms with Crippen molar-refractivity contribution < 1.29 is 14.3 Å². The molecule has 0 aliphatic rings. The van der Waals surface area contributed by atoms with Gasteiger partial charge in [0.15, 0.2) is 11.5 Å². The zero-order valence-corrected chi connectivity index (χ0v) is 17.6. The number of aromatic amines is 1. The number of benzene rings is 2. The van der Waals surface area contributed by atoms with Crippen LogP contribution in [0.4, 0.5) is 0 Å². The van der Waals surface area contributed by atoms with Crippen LogP contribution in [0.25, 0.3) is 10.9 Å². The number of ether oxygens (including phenoxy) is 2. The Labute approximate surface area is 172 Å². The maximum absolute atomic E-state index is 12.8. The van der Waals surface area contributed by atoms with Crippen LogP contribution in [0.1, 0.15) is 43.7 Å². The first kappa shape index (κ1) is 20.8. The Morgan fingerprint density at radius 2 is 1.83 bits per heavy atom. The number of aromatic nitrogens is 1. The fraction of sp³-hybridized carbons (Fsp3) is 0.375. The van der Waals surface area contributed by atoms with Gasteiger partial charge in [0, 0.05) is 41.5 Å². The van der Waals surface area contributed by atoms with Gasteiger partial charge < -0.3 is 19.8 Å². The van der Waals surface area contributed by atoms with Crippen LogP contribution in [0.5, 0.6) is 11.5 Å². The van der Waals surface area contributed by atoms with Gasteiger partial charge in [0.05, 0.1) is 14.2 Å². The van der Waals surface area contributed by atoms with Crippen LogP contribution in [-0.2, 0) is 4.79 Å². The number of rotatable bonds is 9. The molecule has 0 unspecified atom stereocenters. The van der Waals surface area contributed by atoms with E-state index in [-0.39, 0.29) is 11.8 Å². The summed E-state index contributed by atoms with van der Waals surface area (Å²) in [5.74, 6) is 1.76. The van der Waals surface area contributed by atoms with E-state index in [1.165, 1.54) is 0 Å². The molecule has 3 aromatic rings. The fourth-order valence-electron chi connectivity index (χ4n) is 3.71. The van der Waals surface area contributed by atoms with Crippen molar-refractivity contribution in [1.29, 1.82) is 0 Å². The number of para-hydroxylation sites is 2. The molecule has 0 spiro atoms. The Kier molecular flexibility index (Phi) is 6.81. The highest BCUT2D eigenvalue weighted by molar-refractivity contribution is 5.86. The molecule has 1 heterocycles. The lowest BCUT2D eigenvalue weighted by atomic mass is 9.87. The number of carbonyl (C=O) groups excluding carboxylic acids is 1. The molecule has 29 heavy (non-hydrogen) atoms. The number of H-pyrrole nitrogens is 1. The van der Waals surface area contributed by atoms with Gasteiger partial charge in [-0.15, -0.1) is 0 Å². The highest BCUT2D eigenvalue weighted by Crippen LogP contribution is 2.41. The molecule has 0 radical (unpaired) electrons. The molecule has 1 atom stereocenters. The molecule has 1 aromatic heterocycles. The minimum atomic E-state index is -0.157. The van der Waals surface area contributed by atoms with Crippen LogP contribution in [-0.4, -0.2) is 31.7 Å². The maximum Gasteiger partial charge on any atom is 0.220 e. The van der Waals surface area contributed by atoms with Crippen molar-refractivity contribution in [3.8, 4) is 11.5 Å². The first-order valence-corrected chi connectivity index (χ1v) is 10.1. The summed E-state index contributed by atoms with van der Waals surface area (Å²) in [5, 5.41) is 4.18. The van der Waals surface area contributed by atoms with Crippen molar-refractivity contribution in [1.82, 2.24) is 10.3 Å². The fourth-order valence-corrected chi connectivity index (χ4v) is 3.71. The quantitative estimate of drug-likeness (QED) is 0.544. The molecule has 1 amide bonds. The van der Waals surface area contributed by atoms with E-state index in [1.807, 2.05) is 42.6 Å². The number of hydrogen-bond donors (Lipinski definition) is 2. The molecule has 154 valence electrons. The SMILES string of the molecule is COc1cccc([C@H](CC(=O)NCCC(C)C)c2c[nH]c3ccccc23)c1OC. The largest absolute Gasteiger partial charge is 0.493 e. The molecule has 2 N–H and O–H groups in total. The van der Waals surface area contributed by atoms with Crippen LogP contribution >= 0.6 is 0 Å². The van der Waals surface area contributed by atoms with Gasteiger partial charge in [0.25, 0.3) is 0 Å². The zero-order valence-electron chi connectivity index (χ0n) is 17.6. The molecular formula is C24H30N2O3. The molecule has 3 rings (SSSR count). The normalized spacial score (nSPS) is 12.2. The van der Waals surface area contributed by atoms with E-state index < -0.39 is 0 Å². The van der Waals surface area contributed by atoms with Gasteiger partial charge in [-0.3, -0.25) is 4.79 Å². The molecule has 2 aromatic carbocycles. The van der Waals surface area contributed by atoms with Gasteiger partial charge >= 0.3 is 0 Å². The van der Waals surface area contributed by atoms with E-state index in [9.17, 15) is 4.79 Å². The second kappa shape index (κ2) is 9.50. The molecule has 0 saturated heterocycles. The molecule has 0 saturated carbocycles. The summed E-state index contributed by atoms with van der Waals surface area (Å²) in [7, 11) is 3.26. The summed E-state index contributed by atoms with van der Waals surface area (Å²) >= 11 is 0. The van der Waals surface area contributed by atoms with Gasteiger partial charge in [-0.2, -0.15) is 0 Å². The third-order valence-corrected chi connectivity index (χ3v) is 5.24. The number of amides is 1. The third kappa shape index (κ3) is 4.73. The Balaban J connectivity index is 2.00. The summed E-state index contributed by atoms with van der Waals surface area (Å²) in [6.07, 6.45) is 3.30. The summed E-state index contributed by atoms with van der Waals surface area (Å²) in [4.78, 5) is 16.1. The third-order valence-electron chi connectivity index (χ3n) is 5.24. The summed E-state index contributed by atoms with van der Waals surface area (Å²) in [6.45, 7) is 5.00. The minimum absolute atomic E-state index is 0.0332. The van der Waals surface area contributed by atoms with E-state index >= 15 is 0 Å². The predicted octanol–water partition coefficient (Wildman–Crippen LogP) is 4.87. The first-order chi connectivity index (χ1) is 14.0. The highest BCUT2D eigenvalue weighted by atomic mass is 16.5. The Morgan fingerprint density at radius 1 is 1.03 bits per heavy atom. The van der Waals surface area contributed by atoms with Crippen molar-refractivity contribution in [3.63, 3.8) is 0 Å². The van der Waals surface area contributed by atoms with E-state index in [1.54, 1.807) is 14.2 Å². The average molecular weight is 395 g/mol. The Morgan fingerprint density at radius 3 is 2.55 bits per heavy atom. The van der Waals surface area contributed by atoms with Gasteiger partial charge in [-0.05, 0) is 30.0 Å². The number of hydrogen-bond acceptors (Lipinski definition) is 3. The second-order valence-electron chi connectivity index (χ2n) is 7.66. The van der Waals surface area contributed by atoms with Gasteiger partial charge in [-0.1, -0.05) is 44.2 Å². The minimum Gasteiger partial charge on any atom is -0.493 e. The number of carbonyl (C=O) groups is 1. The van der Waals surface area contributed by atoms with Crippen LogP contribution in [0.15, 0.2) is 48.7 Å². The average Bonchev–Trinajstić information content (AvgIpc) is 3.15. The number of fused-ring (bicyclic) bond motifs is 1. The molecule has 0 bridgehead atoms. The maximum atomic E-state index is 12.8. The summed E-state index contributed by atoms with van der Waals surface area (Å²) < 4.78 is 11.2. The Hall–Kier alpha value is -2.95. The van der Waals surface area contributed by atoms with Gasteiger partial charge in [-0.25, -0.2) is 0 Å². The highest BCUT2D eigenvalue weighted by Gasteiger charge is 2.25. The number of nitrogens with one attached hydrogen (secondary N) is 2. The van der Waals surface area contributed by atoms with Crippen LogP contribution < -0.4 is 14.8 Å². The van der Waals surface area contributed by atoms with Crippen LogP contribution in [0.3, 0.4) is 0 Å². The van der Waals surface area contributed by atoms with E-state index in [4.69, 9.17) is 9.47 Å². The van der Waals surface area contributed by atoms with Crippen molar-refractivity contribution >= 4 is 16.8 Å². The monoisotopic (exact) mass is 394 g/mol. The van der Waals surface area contributed by atoms with E-state index in [2.05, 4.69) is 30.2 Å². The lowest BCUT2D eigenvalue weighted by Gasteiger charge is -2.21. The lowest BCUT2D eigenvalue weighted by molar-refractivity contribution is -0.121. The standard InChI is InChI=1S/C24H30N2O3/c1-16(2)12-13-25-23(27)14-19(18-9-7-11-22(28-3)24(18)29-4)20-15-26-21-10-6-5-8-17(20)21/h5-11,15-16,19,26H,12-14H2,1-4H3,(H,25,27)/t19-/m0/s1. The van der Waals surface area contributed by atoms with Crippen LogP contribution in [0, 0.1) is 5.92 Å². The Bertz CT molecular complexity index is 962. The lowest BCUT2D eigenvalue weighted by Crippen LogP contribution is -2.27. The van der Waals surface area contributed by atoms with E-state index in [0.29, 0.717) is 30.4 Å². The number of methoxy groups -OCH3 is 2. The molecular weight excluding hydrogens is 364 g/mol. The van der Waals surface area contributed by atoms with Crippen molar-refractivity contribution in [2.75, 3.05) is 20.8 Å². The first-order valence-electron chi connectivity index (χ1n) is 10.1. The van der Waals surface area contributed by atoms with Crippen molar-refractivity contribution in [2.24, 2.45) is 5.92 Å². The van der Waals surface area contributed by atoms with Crippen molar-refractivity contribution in [2.45, 2.75) is 32.6 Å². The van der Waals surface area contributed by atoms with Gasteiger partial charge in [0.2, 0.25) is 5.91 Å². The molecule has 5 nitrogen and oxygen atoms in total. The van der Waals surface area contributed by atoms with Gasteiger partial charge in [0.1, 0.15) is 0 Å². The van der Waals surface area contributed by atoms with Crippen LogP contribution in [0.2, 0.25) is 0 Å². The van der Waals surface area contributed by atoms with E-state index in [0.717, 1.165) is 28.5 Å².